The maximum Gasteiger partial charge on any atom is 0.155 e. The van der Waals surface area contributed by atoms with Crippen molar-refractivity contribution in [3.05, 3.63) is 35.5 Å². The first kappa shape index (κ1) is 11.7. The molecule has 0 unspecified atom stereocenters. The summed E-state index contributed by atoms with van der Waals surface area (Å²) >= 11 is 5.76. The molecule has 5 heteroatoms. The minimum atomic E-state index is 0.305. The second-order valence-electron chi connectivity index (χ2n) is 3.31. The van der Waals surface area contributed by atoms with E-state index in [4.69, 9.17) is 21.1 Å². The number of nitrogens with zero attached hydrogens (tertiary/aromatic N) is 2. The van der Waals surface area contributed by atoms with Crippen LogP contribution in [0.4, 0.5) is 0 Å². The molecule has 0 N–H and O–H groups in total. The molecule has 0 aliphatic rings. The van der Waals surface area contributed by atoms with Gasteiger partial charge in [0.05, 0.1) is 14.2 Å². The van der Waals surface area contributed by atoms with Crippen molar-refractivity contribution >= 4 is 11.6 Å². The third kappa shape index (κ3) is 2.47. The van der Waals surface area contributed by atoms with E-state index < -0.39 is 0 Å². The van der Waals surface area contributed by atoms with Crippen LogP contribution in [0.15, 0.2) is 30.3 Å². The molecule has 0 radical (unpaired) electrons. The van der Waals surface area contributed by atoms with Crippen LogP contribution in [-0.2, 0) is 0 Å². The van der Waals surface area contributed by atoms with E-state index in [1.165, 1.54) is 0 Å². The van der Waals surface area contributed by atoms with Crippen molar-refractivity contribution in [2.75, 3.05) is 14.2 Å². The van der Waals surface area contributed by atoms with Crippen molar-refractivity contribution in [3.8, 4) is 22.8 Å². The van der Waals surface area contributed by atoms with Crippen molar-refractivity contribution in [3.63, 3.8) is 0 Å². The largest absolute Gasteiger partial charge is 0.497 e. The molecule has 2 rings (SSSR count). The molecule has 0 saturated heterocycles. The topological polar surface area (TPSA) is 44.2 Å². The number of halogens is 1. The van der Waals surface area contributed by atoms with Gasteiger partial charge >= 0.3 is 0 Å². The van der Waals surface area contributed by atoms with Crippen LogP contribution in [0.5, 0.6) is 11.5 Å². The Balaban J connectivity index is 2.44. The van der Waals surface area contributed by atoms with E-state index in [1.807, 2.05) is 24.3 Å². The molecule has 0 atom stereocenters. The van der Waals surface area contributed by atoms with E-state index in [1.54, 1.807) is 20.3 Å². The van der Waals surface area contributed by atoms with Crippen LogP contribution in [0.1, 0.15) is 0 Å². The number of aromatic nitrogens is 2. The van der Waals surface area contributed by atoms with Crippen LogP contribution in [-0.4, -0.2) is 24.4 Å². The van der Waals surface area contributed by atoms with Gasteiger partial charge in [0.15, 0.2) is 5.15 Å². The van der Waals surface area contributed by atoms with Gasteiger partial charge in [-0.2, -0.15) is 0 Å². The predicted molar refractivity (Wildman–Crippen MR) is 65.6 cm³/mol. The molecule has 2 aromatic rings. The van der Waals surface area contributed by atoms with E-state index in [0.717, 1.165) is 11.3 Å². The second kappa shape index (κ2) is 5.01. The van der Waals surface area contributed by atoms with E-state index in [-0.39, 0.29) is 0 Å². The lowest BCUT2D eigenvalue weighted by Crippen LogP contribution is -1.94. The molecule has 0 aliphatic heterocycles. The van der Waals surface area contributed by atoms with Gasteiger partial charge in [-0.1, -0.05) is 11.6 Å². The van der Waals surface area contributed by atoms with Crippen molar-refractivity contribution in [1.82, 2.24) is 10.2 Å². The number of hydrogen-bond donors (Lipinski definition) is 0. The molecule has 88 valence electrons. The van der Waals surface area contributed by atoms with Gasteiger partial charge in [0, 0.05) is 11.6 Å². The number of rotatable bonds is 3. The summed E-state index contributed by atoms with van der Waals surface area (Å²) in [6, 6.07) is 9.11. The van der Waals surface area contributed by atoms with Gasteiger partial charge in [-0.05, 0) is 24.3 Å². The maximum absolute atomic E-state index is 5.76. The molecule has 0 fully saturated rings. The quantitative estimate of drug-likeness (QED) is 0.840. The van der Waals surface area contributed by atoms with E-state index in [2.05, 4.69) is 10.2 Å². The third-order valence-electron chi connectivity index (χ3n) is 2.31. The summed E-state index contributed by atoms with van der Waals surface area (Å²) in [5, 5.41) is 8.14. The average molecular weight is 251 g/mol. The van der Waals surface area contributed by atoms with Crippen LogP contribution in [0.2, 0.25) is 5.15 Å². The van der Waals surface area contributed by atoms with Gasteiger partial charge in [0.1, 0.15) is 17.2 Å². The van der Waals surface area contributed by atoms with Crippen molar-refractivity contribution < 1.29 is 9.47 Å². The molecule has 0 spiro atoms. The number of benzene rings is 1. The number of ether oxygens (including phenoxy) is 2. The van der Waals surface area contributed by atoms with Crippen LogP contribution >= 0.6 is 11.6 Å². The highest BCUT2D eigenvalue weighted by atomic mass is 35.5. The van der Waals surface area contributed by atoms with Gasteiger partial charge < -0.3 is 9.47 Å². The zero-order valence-corrected chi connectivity index (χ0v) is 10.2. The van der Waals surface area contributed by atoms with Crippen LogP contribution < -0.4 is 9.47 Å². The first-order valence-corrected chi connectivity index (χ1v) is 5.34. The Bertz CT molecular complexity index is 514. The smallest absolute Gasteiger partial charge is 0.155 e. The summed E-state index contributed by atoms with van der Waals surface area (Å²) in [7, 11) is 3.19. The fourth-order valence-corrected chi connectivity index (χ4v) is 1.59. The first-order chi connectivity index (χ1) is 8.24. The highest BCUT2D eigenvalue weighted by Crippen LogP contribution is 2.29. The normalized spacial score (nSPS) is 10.1. The zero-order valence-electron chi connectivity index (χ0n) is 9.48. The average Bonchev–Trinajstić information content (AvgIpc) is 2.39. The van der Waals surface area contributed by atoms with E-state index in [0.29, 0.717) is 16.6 Å². The summed E-state index contributed by atoms with van der Waals surface area (Å²) in [5.41, 5.74) is 1.55. The molecule has 0 saturated carbocycles. The molecule has 1 aromatic carbocycles. The molecule has 0 bridgehead atoms. The molecule has 0 amide bonds. The van der Waals surface area contributed by atoms with Crippen molar-refractivity contribution in [2.24, 2.45) is 0 Å². The highest BCUT2D eigenvalue weighted by molar-refractivity contribution is 6.29. The van der Waals surface area contributed by atoms with Gasteiger partial charge in [-0.25, -0.2) is 0 Å². The second-order valence-corrected chi connectivity index (χ2v) is 3.70. The molecular weight excluding hydrogens is 240 g/mol. The fourth-order valence-electron chi connectivity index (χ4n) is 1.46. The SMILES string of the molecule is COc1ccc(-c2nnc(Cl)cc2OC)cc1. The lowest BCUT2D eigenvalue weighted by atomic mass is 10.1. The number of methoxy groups -OCH3 is 2. The van der Waals surface area contributed by atoms with Gasteiger partial charge in [0.25, 0.3) is 0 Å². The Labute approximate surface area is 104 Å². The van der Waals surface area contributed by atoms with Gasteiger partial charge in [-0.3, -0.25) is 0 Å². The summed E-state index contributed by atoms with van der Waals surface area (Å²) in [5.74, 6) is 1.38. The minimum Gasteiger partial charge on any atom is -0.497 e. The third-order valence-corrected chi connectivity index (χ3v) is 2.50. The lowest BCUT2D eigenvalue weighted by Gasteiger charge is -2.07. The Morgan fingerprint density at radius 3 is 2.29 bits per heavy atom. The standard InChI is InChI=1S/C12H11ClN2O2/c1-16-9-5-3-8(4-6-9)12-10(17-2)7-11(13)14-15-12/h3-7H,1-2H3. The Morgan fingerprint density at radius 2 is 1.71 bits per heavy atom. The summed E-state index contributed by atoms with van der Waals surface area (Å²) in [6.45, 7) is 0. The summed E-state index contributed by atoms with van der Waals surface area (Å²) in [6.07, 6.45) is 0. The molecular formula is C12H11ClN2O2. The molecule has 1 aromatic heterocycles. The first-order valence-electron chi connectivity index (χ1n) is 4.96. The predicted octanol–water partition coefficient (Wildman–Crippen LogP) is 2.81. The summed E-state index contributed by atoms with van der Waals surface area (Å²) < 4.78 is 10.3. The van der Waals surface area contributed by atoms with E-state index in [9.17, 15) is 0 Å². The van der Waals surface area contributed by atoms with Crippen LogP contribution in [0.25, 0.3) is 11.3 Å². The Hall–Kier alpha value is -1.81. The van der Waals surface area contributed by atoms with Crippen LogP contribution in [0.3, 0.4) is 0 Å². The molecule has 4 nitrogen and oxygen atoms in total. The fraction of sp³-hybridized carbons (Fsp3) is 0.167. The molecule has 1 heterocycles. The lowest BCUT2D eigenvalue weighted by molar-refractivity contribution is 0.413. The maximum atomic E-state index is 5.76. The monoisotopic (exact) mass is 250 g/mol. The van der Waals surface area contributed by atoms with E-state index >= 15 is 0 Å². The van der Waals surface area contributed by atoms with Crippen molar-refractivity contribution in [1.29, 1.82) is 0 Å². The van der Waals surface area contributed by atoms with Gasteiger partial charge in [-0.15, -0.1) is 10.2 Å². The Morgan fingerprint density at radius 1 is 1.00 bits per heavy atom. The summed E-state index contributed by atoms with van der Waals surface area (Å²) in [4.78, 5) is 0. The minimum absolute atomic E-state index is 0.305. The Kier molecular flexibility index (Phi) is 3.44. The van der Waals surface area contributed by atoms with Gasteiger partial charge in [0.2, 0.25) is 0 Å². The molecule has 0 aliphatic carbocycles. The van der Waals surface area contributed by atoms with Crippen LogP contribution in [0, 0.1) is 0 Å². The molecule has 17 heavy (non-hydrogen) atoms. The number of hydrogen-bond acceptors (Lipinski definition) is 4. The highest BCUT2D eigenvalue weighted by Gasteiger charge is 2.09. The van der Waals surface area contributed by atoms with Crippen molar-refractivity contribution in [2.45, 2.75) is 0 Å². The zero-order chi connectivity index (χ0) is 12.3.